The summed E-state index contributed by atoms with van der Waals surface area (Å²) in [7, 11) is 0. The number of nitrogens with one attached hydrogen (secondary N) is 2. The van der Waals surface area contributed by atoms with E-state index in [1.54, 1.807) is 43.0 Å². The molecule has 3 rings (SSSR count). The molecule has 0 atom stereocenters. The van der Waals surface area contributed by atoms with Gasteiger partial charge in [0.05, 0.1) is 16.1 Å². The van der Waals surface area contributed by atoms with E-state index < -0.39 is 5.91 Å². The van der Waals surface area contributed by atoms with E-state index in [0.717, 1.165) is 10.5 Å². The number of aromatic amines is 1. The highest BCUT2D eigenvalue weighted by molar-refractivity contribution is 7.98. The number of carbonyl (C=O) groups excluding carboxylic acids is 1. The number of thioether (sulfide) groups is 1. The smallest absolute Gasteiger partial charge is 0.267 e. The molecule has 8 heteroatoms. The summed E-state index contributed by atoms with van der Waals surface area (Å²) < 4.78 is 0. The molecule has 0 aliphatic carbocycles. The van der Waals surface area contributed by atoms with Gasteiger partial charge in [-0.1, -0.05) is 35.9 Å². The zero-order valence-corrected chi connectivity index (χ0v) is 15.6. The first-order valence-corrected chi connectivity index (χ1v) is 9.27. The number of benzene rings is 2. The third-order valence-electron chi connectivity index (χ3n) is 3.80. The van der Waals surface area contributed by atoms with Crippen LogP contribution < -0.4 is 11.0 Å². The number of fused-ring (bicyclic) bond motifs is 1. The normalized spacial score (nSPS) is 11.6. The average molecular weight is 387 g/mol. The fraction of sp³-hybridized carbons (Fsp3) is 0.111. The summed E-state index contributed by atoms with van der Waals surface area (Å²) in [6.45, 7) is 1.75. The molecule has 1 aromatic heterocycles. The monoisotopic (exact) mass is 386 g/mol. The van der Waals surface area contributed by atoms with Crippen LogP contribution in [0.3, 0.4) is 0 Å². The molecule has 0 spiro atoms. The van der Waals surface area contributed by atoms with E-state index in [9.17, 15) is 9.59 Å². The van der Waals surface area contributed by atoms with Gasteiger partial charge in [-0.25, -0.2) is 10.5 Å². The van der Waals surface area contributed by atoms with E-state index >= 15 is 0 Å². The van der Waals surface area contributed by atoms with Gasteiger partial charge in [0.25, 0.3) is 11.5 Å². The Bertz CT molecular complexity index is 1080. The van der Waals surface area contributed by atoms with Crippen LogP contribution in [0.1, 0.15) is 23.0 Å². The summed E-state index contributed by atoms with van der Waals surface area (Å²) in [5.41, 5.74) is 3.50. The van der Waals surface area contributed by atoms with Crippen LogP contribution in [0, 0.1) is 0 Å². The number of H-pyrrole nitrogens is 1. The lowest BCUT2D eigenvalue weighted by molar-refractivity contribution is 0.0950. The summed E-state index contributed by atoms with van der Waals surface area (Å²) in [6.07, 6.45) is 1.97. The predicted octanol–water partition coefficient (Wildman–Crippen LogP) is 3.45. The first-order valence-electron chi connectivity index (χ1n) is 7.67. The van der Waals surface area contributed by atoms with Crippen molar-refractivity contribution in [3.8, 4) is 0 Å². The molecular formula is C18H15ClN4O2S. The minimum absolute atomic E-state index is 0.0978. The van der Waals surface area contributed by atoms with Crippen LogP contribution in [0.2, 0.25) is 5.02 Å². The second-order valence-electron chi connectivity index (χ2n) is 5.43. The number of hydrogen-bond donors (Lipinski definition) is 2. The Balaban J connectivity index is 1.88. The van der Waals surface area contributed by atoms with E-state index in [-0.39, 0.29) is 11.3 Å². The number of nitrogens with zero attached hydrogens (tertiary/aromatic N) is 2. The minimum Gasteiger partial charge on any atom is -0.267 e. The summed E-state index contributed by atoms with van der Waals surface area (Å²) in [5, 5.41) is 11.7. The molecule has 132 valence electrons. The number of hydrogen-bond acceptors (Lipinski definition) is 5. The Labute approximate surface area is 158 Å². The Hall–Kier alpha value is -2.64. The van der Waals surface area contributed by atoms with Gasteiger partial charge >= 0.3 is 0 Å². The molecule has 6 nitrogen and oxygen atoms in total. The molecule has 0 saturated heterocycles. The van der Waals surface area contributed by atoms with Gasteiger partial charge in [-0.3, -0.25) is 9.59 Å². The van der Waals surface area contributed by atoms with E-state index in [0.29, 0.717) is 21.5 Å². The van der Waals surface area contributed by atoms with Crippen molar-refractivity contribution < 1.29 is 4.79 Å². The van der Waals surface area contributed by atoms with Crippen molar-refractivity contribution in [3.05, 3.63) is 69.1 Å². The van der Waals surface area contributed by atoms with E-state index in [4.69, 9.17) is 11.6 Å². The minimum atomic E-state index is -0.520. The quantitative estimate of drug-likeness (QED) is 0.408. The van der Waals surface area contributed by atoms with Crippen molar-refractivity contribution in [2.24, 2.45) is 5.10 Å². The second-order valence-corrected chi connectivity index (χ2v) is 6.72. The van der Waals surface area contributed by atoms with Crippen molar-refractivity contribution in [2.75, 3.05) is 6.26 Å². The van der Waals surface area contributed by atoms with Gasteiger partial charge in [-0.05, 0) is 31.4 Å². The van der Waals surface area contributed by atoms with Crippen molar-refractivity contribution in [3.63, 3.8) is 0 Å². The molecule has 0 fully saturated rings. The summed E-state index contributed by atoms with van der Waals surface area (Å²) in [6, 6.07) is 12.4. The highest BCUT2D eigenvalue weighted by atomic mass is 35.5. The van der Waals surface area contributed by atoms with Crippen LogP contribution in [0.15, 0.2) is 57.3 Å². The van der Waals surface area contributed by atoms with Gasteiger partial charge in [-0.15, -0.1) is 11.8 Å². The van der Waals surface area contributed by atoms with Gasteiger partial charge in [0.1, 0.15) is 0 Å². The zero-order chi connectivity index (χ0) is 18.7. The highest BCUT2D eigenvalue weighted by Crippen LogP contribution is 2.23. The van der Waals surface area contributed by atoms with E-state index in [1.807, 2.05) is 24.5 Å². The summed E-state index contributed by atoms with van der Waals surface area (Å²) in [5.74, 6) is -0.520. The molecule has 3 aromatic rings. The van der Waals surface area contributed by atoms with Crippen LogP contribution in [0.5, 0.6) is 0 Å². The fourth-order valence-corrected chi connectivity index (χ4v) is 3.27. The topological polar surface area (TPSA) is 87.2 Å². The molecule has 1 heterocycles. The zero-order valence-electron chi connectivity index (χ0n) is 14.0. The molecule has 2 aromatic carbocycles. The highest BCUT2D eigenvalue weighted by Gasteiger charge is 2.14. The molecule has 26 heavy (non-hydrogen) atoms. The molecule has 0 aliphatic rings. The van der Waals surface area contributed by atoms with Crippen LogP contribution >= 0.6 is 23.4 Å². The van der Waals surface area contributed by atoms with Crippen molar-refractivity contribution in [1.29, 1.82) is 0 Å². The second kappa shape index (κ2) is 7.72. The molecule has 2 N–H and O–H groups in total. The maximum atomic E-state index is 12.5. The van der Waals surface area contributed by atoms with Crippen molar-refractivity contribution >= 4 is 45.8 Å². The maximum Gasteiger partial charge on any atom is 0.292 e. The summed E-state index contributed by atoms with van der Waals surface area (Å²) >= 11 is 7.86. The fourth-order valence-electron chi connectivity index (χ4n) is 2.45. The Morgan fingerprint density at radius 2 is 1.96 bits per heavy atom. The van der Waals surface area contributed by atoms with E-state index in [1.165, 1.54) is 0 Å². The summed E-state index contributed by atoms with van der Waals surface area (Å²) in [4.78, 5) is 25.3. The van der Waals surface area contributed by atoms with Gasteiger partial charge in [0.15, 0.2) is 5.69 Å². The van der Waals surface area contributed by atoms with Gasteiger partial charge in [0.2, 0.25) is 0 Å². The predicted molar refractivity (Wildman–Crippen MR) is 105 cm³/mol. The largest absolute Gasteiger partial charge is 0.292 e. The first-order chi connectivity index (χ1) is 12.5. The number of carbonyl (C=O) groups is 1. The van der Waals surface area contributed by atoms with Crippen LogP contribution in [-0.4, -0.2) is 28.1 Å². The Morgan fingerprint density at radius 3 is 2.65 bits per heavy atom. The van der Waals surface area contributed by atoms with E-state index in [2.05, 4.69) is 20.7 Å². The number of amides is 1. The average Bonchev–Trinajstić information content (AvgIpc) is 2.66. The molecule has 0 bridgehead atoms. The van der Waals surface area contributed by atoms with Gasteiger partial charge in [-0.2, -0.15) is 10.2 Å². The third-order valence-corrected chi connectivity index (χ3v) is 4.84. The molecule has 0 saturated carbocycles. The molecule has 0 aliphatic heterocycles. The Morgan fingerprint density at radius 1 is 1.23 bits per heavy atom. The number of hydrazone groups is 1. The lowest BCUT2D eigenvalue weighted by Crippen LogP contribution is -2.23. The van der Waals surface area contributed by atoms with Crippen LogP contribution in [-0.2, 0) is 0 Å². The lowest BCUT2D eigenvalue weighted by atomic mass is 10.1. The first kappa shape index (κ1) is 18.2. The lowest BCUT2D eigenvalue weighted by Gasteiger charge is -2.07. The Kier molecular flexibility index (Phi) is 5.39. The molecule has 0 radical (unpaired) electrons. The van der Waals surface area contributed by atoms with Gasteiger partial charge < -0.3 is 0 Å². The van der Waals surface area contributed by atoms with Crippen LogP contribution in [0.4, 0.5) is 0 Å². The molecular weight excluding hydrogens is 372 g/mol. The SMILES string of the molecule is CSc1ccc(/C(C)=N/NC(=O)c2n[nH]c(=O)c3ccccc23)c(Cl)c1. The number of halogens is 1. The van der Waals surface area contributed by atoms with Crippen LogP contribution in [0.25, 0.3) is 10.8 Å². The maximum absolute atomic E-state index is 12.5. The molecule has 1 amide bonds. The third kappa shape index (κ3) is 3.63. The van der Waals surface area contributed by atoms with Crippen molar-refractivity contribution in [1.82, 2.24) is 15.6 Å². The standard InChI is InChI=1S/C18H15ClN4O2S/c1-10(12-8-7-11(26-2)9-15(12)19)20-23-18(25)16-13-5-3-4-6-14(13)17(24)22-21-16/h3-9H,1-2H3,(H,22,24)(H,23,25)/b20-10+. The number of aromatic nitrogens is 2. The van der Waals surface area contributed by atoms with Crippen molar-refractivity contribution in [2.45, 2.75) is 11.8 Å². The number of rotatable bonds is 4. The van der Waals surface area contributed by atoms with Gasteiger partial charge in [0, 0.05) is 15.8 Å². The molecule has 0 unspecified atom stereocenters.